The van der Waals surface area contributed by atoms with Crippen molar-refractivity contribution in [3.05, 3.63) is 35.4 Å². The minimum absolute atomic E-state index is 0.549. The number of rotatable bonds is 5. The summed E-state index contributed by atoms with van der Waals surface area (Å²) in [5.41, 5.74) is 2.95. The van der Waals surface area contributed by atoms with Gasteiger partial charge >= 0.3 is 0 Å². The van der Waals surface area contributed by atoms with Crippen LogP contribution < -0.4 is 5.32 Å². The first-order valence-electron chi connectivity index (χ1n) is 7.28. The summed E-state index contributed by atoms with van der Waals surface area (Å²) in [5, 5.41) is 3.52. The summed E-state index contributed by atoms with van der Waals surface area (Å²) in [4.78, 5) is 2.59. The van der Waals surface area contributed by atoms with E-state index in [0.717, 1.165) is 13.1 Å². The van der Waals surface area contributed by atoms with Crippen LogP contribution >= 0.6 is 0 Å². The second-order valence-electron chi connectivity index (χ2n) is 5.64. The molecule has 0 spiro atoms. The lowest BCUT2D eigenvalue weighted by atomic mass is 10.0. The number of nitrogens with one attached hydrogen (secondary N) is 1. The molecular weight excluding hydrogens is 220 g/mol. The summed E-state index contributed by atoms with van der Waals surface area (Å²) in [6, 6.07) is 9.41. The molecule has 1 saturated heterocycles. The van der Waals surface area contributed by atoms with Crippen LogP contribution in [-0.2, 0) is 13.1 Å². The molecule has 0 radical (unpaired) electrons. The van der Waals surface area contributed by atoms with Crippen LogP contribution in [0.1, 0.15) is 44.2 Å². The molecule has 2 rings (SSSR count). The Hall–Kier alpha value is -0.860. The fourth-order valence-corrected chi connectivity index (χ4v) is 2.56. The summed E-state index contributed by atoms with van der Waals surface area (Å²) in [5.74, 6) is 0. The lowest BCUT2D eigenvalue weighted by Crippen LogP contribution is -2.30. The third-order valence-electron chi connectivity index (χ3n) is 3.66. The van der Waals surface area contributed by atoms with Crippen LogP contribution in [0.5, 0.6) is 0 Å². The molecule has 0 atom stereocenters. The van der Waals surface area contributed by atoms with Crippen molar-refractivity contribution in [1.29, 1.82) is 0 Å². The van der Waals surface area contributed by atoms with Gasteiger partial charge in [0, 0.05) is 19.1 Å². The van der Waals surface area contributed by atoms with Gasteiger partial charge in [-0.3, -0.25) is 4.90 Å². The molecule has 1 aliphatic rings. The van der Waals surface area contributed by atoms with Crippen LogP contribution in [0.15, 0.2) is 24.3 Å². The fraction of sp³-hybridized carbons (Fsp3) is 0.625. The standard InChI is InChI=1S/C16H26N2/c1-14(2)17-12-15-8-4-5-9-16(15)13-18-10-6-3-7-11-18/h4-5,8-9,14,17H,3,6-7,10-13H2,1-2H3. The summed E-state index contributed by atoms with van der Waals surface area (Å²) < 4.78 is 0. The predicted molar refractivity (Wildman–Crippen MR) is 77.5 cm³/mol. The van der Waals surface area contributed by atoms with Crippen molar-refractivity contribution in [3.8, 4) is 0 Å². The number of hydrogen-bond acceptors (Lipinski definition) is 2. The minimum atomic E-state index is 0.549. The smallest absolute Gasteiger partial charge is 0.0236 e. The number of nitrogens with zero attached hydrogens (tertiary/aromatic N) is 1. The maximum atomic E-state index is 3.52. The van der Waals surface area contributed by atoms with E-state index < -0.39 is 0 Å². The first kappa shape index (κ1) is 13.6. The lowest BCUT2D eigenvalue weighted by Gasteiger charge is -2.27. The van der Waals surface area contributed by atoms with Crippen molar-refractivity contribution < 1.29 is 0 Å². The third kappa shape index (κ3) is 4.11. The quantitative estimate of drug-likeness (QED) is 0.858. The molecule has 100 valence electrons. The monoisotopic (exact) mass is 246 g/mol. The highest BCUT2D eigenvalue weighted by Crippen LogP contribution is 2.16. The van der Waals surface area contributed by atoms with Gasteiger partial charge < -0.3 is 5.32 Å². The second-order valence-corrected chi connectivity index (χ2v) is 5.64. The van der Waals surface area contributed by atoms with E-state index in [1.54, 1.807) is 0 Å². The van der Waals surface area contributed by atoms with Crippen molar-refractivity contribution in [2.75, 3.05) is 13.1 Å². The topological polar surface area (TPSA) is 15.3 Å². The number of hydrogen-bond donors (Lipinski definition) is 1. The van der Waals surface area contributed by atoms with Gasteiger partial charge in [0.25, 0.3) is 0 Å². The van der Waals surface area contributed by atoms with Crippen LogP contribution in [0, 0.1) is 0 Å². The predicted octanol–water partition coefficient (Wildman–Crippen LogP) is 3.17. The van der Waals surface area contributed by atoms with Gasteiger partial charge in [0.1, 0.15) is 0 Å². The lowest BCUT2D eigenvalue weighted by molar-refractivity contribution is 0.220. The van der Waals surface area contributed by atoms with Crippen LogP contribution in [0.2, 0.25) is 0 Å². The largest absolute Gasteiger partial charge is 0.310 e. The second kappa shape index (κ2) is 6.91. The zero-order valence-electron chi connectivity index (χ0n) is 11.8. The Labute approximate surface area is 111 Å². The molecule has 0 amide bonds. The van der Waals surface area contributed by atoms with Crippen molar-refractivity contribution in [3.63, 3.8) is 0 Å². The van der Waals surface area contributed by atoms with Crippen LogP contribution in [0.3, 0.4) is 0 Å². The highest BCUT2D eigenvalue weighted by atomic mass is 15.1. The van der Waals surface area contributed by atoms with E-state index in [1.165, 1.54) is 43.5 Å². The molecule has 2 nitrogen and oxygen atoms in total. The Morgan fingerprint density at radius 1 is 1.06 bits per heavy atom. The van der Waals surface area contributed by atoms with Crippen LogP contribution in [-0.4, -0.2) is 24.0 Å². The summed E-state index contributed by atoms with van der Waals surface area (Å²) in [6.07, 6.45) is 4.14. The van der Waals surface area contributed by atoms with E-state index in [4.69, 9.17) is 0 Å². The van der Waals surface area contributed by atoms with Gasteiger partial charge in [0.05, 0.1) is 0 Å². The zero-order valence-corrected chi connectivity index (χ0v) is 11.8. The summed E-state index contributed by atoms with van der Waals surface area (Å²) in [7, 11) is 0. The average molecular weight is 246 g/mol. The molecule has 0 bridgehead atoms. The Bertz CT molecular complexity index is 354. The molecule has 1 fully saturated rings. The van der Waals surface area contributed by atoms with Gasteiger partial charge in [-0.05, 0) is 37.1 Å². The third-order valence-corrected chi connectivity index (χ3v) is 3.66. The van der Waals surface area contributed by atoms with E-state index in [1.807, 2.05) is 0 Å². The molecule has 1 heterocycles. The highest BCUT2D eigenvalue weighted by Gasteiger charge is 2.12. The zero-order chi connectivity index (χ0) is 12.8. The number of benzene rings is 1. The SMILES string of the molecule is CC(C)NCc1ccccc1CN1CCCCC1. The Morgan fingerprint density at radius 3 is 2.39 bits per heavy atom. The van der Waals surface area contributed by atoms with Crippen molar-refractivity contribution in [2.24, 2.45) is 0 Å². The van der Waals surface area contributed by atoms with Gasteiger partial charge in [-0.1, -0.05) is 44.5 Å². The molecule has 18 heavy (non-hydrogen) atoms. The summed E-state index contributed by atoms with van der Waals surface area (Å²) in [6.45, 7) is 9.05. The maximum absolute atomic E-state index is 3.52. The van der Waals surface area contributed by atoms with E-state index in [2.05, 4.69) is 48.3 Å². The van der Waals surface area contributed by atoms with Gasteiger partial charge in [0.2, 0.25) is 0 Å². The van der Waals surface area contributed by atoms with Crippen molar-refractivity contribution in [1.82, 2.24) is 10.2 Å². The summed E-state index contributed by atoms with van der Waals surface area (Å²) >= 11 is 0. The minimum Gasteiger partial charge on any atom is -0.310 e. The normalized spacial score (nSPS) is 17.3. The maximum Gasteiger partial charge on any atom is 0.0236 e. The van der Waals surface area contributed by atoms with Crippen molar-refractivity contribution >= 4 is 0 Å². The molecule has 0 aromatic heterocycles. The molecule has 1 N–H and O–H groups in total. The Balaban J connectivity index is 1.97. The molecule has 0 unspecified atom stereocenters. The van der Waals surface area contributed by atoms with E-state index in [-0.39, 0.29) is 0 Å². The molecular formula is C16H26N2. The van der Waals surface area contributed by atoms with Crippen LogP contribution in [0.25, 0.3) is 0 Å². The van der Waals surface area contributed by atoms with E-state index in [9.17, 15) is 0 Å². The average Bonchev–Trinajstić information content (AvgIpc) is 2.39. The molecule has 1 aromatic rings. The Morgan fingerprint density at radius 2 is 1.72 bits per heavy atom. The Kier molecular flexibility index (Phi) is 5.21. The molecule has 0 aliphatic carbocycles. The van der Waals surface area contributed by atoms with Gasteiger partial charge in [-0.25, -0.2) is 0 Å². The first-order chi connectivity index (χ1) is 8.75. The van der Waals surface area contributed by atoms with E-state index >= 15 is 0 Å². The molecule has 1 aromatic carbocycles. The first-order valence-corrected chi connectivity index (χ1v) is 7.28. The van der Waals surface area contributed by atoms with Gasteiger partial charge in [-0.2, -0.15) is 0 Å². The number of piperidine rings is 1. The molecule has 0 saturated carbocycles. The molecule has 1 aliphatic heterocycles. The number of likely N-dealkylation sites (tertiary alicyclic amines) is 1. The fourth-order valence-electron chi connectivity index (χ4n) is 2.56. The van der Waals surface area contributed by atoms with E-state index in [0.29, 0.717) is 6.04 Å². The van der Waals surface area contributed by atoms with Crippen LogP contribution in [0.4, 0.5) is 0 Å². The van der Waals surface area contributed by atoms with Gasteiger partial charge in [-0.15, -0.1) is 0 Å². The van der Waals surface area contributed by atoms with Gasteiger partial charge in [0.15, 0.2) is 0 Å². The molecule has 2 heteroatoms. The van der Waals surface area contributed by atoms with Crippen molar-refractivity contribution in [2.45, 2.75) is 52.2 Å². The highest BCUT2D eigenvalue weighted by molar-refractivity contribution is 5.27.